The first kappa shape index (κ1) is 16.5. The fourth-order valence-corrected chi connectivity index (χ4v) is 1.86. The Morgan fingerprint density at radius 2 is 2.12 bits per heavy atom. The molecule has 0 aromatic rings. The second kappa shape index (κ2) is 7.06. The van der Waals surface area contributed by atoms with Gasteiger partial charge in [-0.15, -0.1) is 12.4 Å². The summed E-state index contributed by atoms with van der Waals surface area (Å²) < 4.78 is 37.4. The molecule has 0 saturated carbocycles. The van der Waals surface area contributed by atoms with E-state index >= 15 is 0 Å². The molecule has 0 bridgehead atoms. The maximum absolute atomic E-state index is 12.5. The minimum atomic E-state index is -4.18. The molecule has 0 aromatic heterocycles. The first-order chi connectivity index (χ1) is 7.45. The normalized spacial score (nSPS) is 20.9. The molecule has 1 aliphatic rings. The Kier molecular flexibility index (Phi) is 6.85. The molecule has 7 heteroatoms. The molecule has 1 unspecified atom stereocenters. The molecule has 17 heavy (non-hydrogen) atoms. The third-order valence-electron chi connectivity index (χ3n) is 2.83. The highest BCUT2D eigenvalue weighted by Gasteiger charge is 2.42. The molecule has 0 aliphatic carbocycles. The number of likely N-dealkylation sites (tertiary alicyclic amines) is 1. The number of nitrogens with zero attached hydrogens (tertiary/aromatic N) is 1. The molecular weight excluding hydrogens is 257 g/mol. The smallest absolute Gasteiger partial charge is 0.342 e. The lowest BCUT2D eigenvalue weighted by molar-refractivity contribution is -0.188. The van der Waals surface area contributed by atoms with Gasteiger partial charge in [-0.05, 0) is 19.9 Å². The second-order valence-corrected chi connectivity index (χ2v) is 4.07. The molecule has 1 N–H and O–H groups in total. The lowest BCUT2D eigenvalue weighted by Crippen LogP contribution is -2.45. The second-order valence-electron chi connectivity index (χ2n) is 4.07. The van der Waals surface area contributed by atoms with E-state index in [1.165, 1.54) is 4.90 Å². The van der Waals surface area contributed by atoms with Crippen LogP contribution in [0, 0.1) is 5.92 Å². The summed E-state index contributed by atoms with van der Waals surface area (Å²) in [6.07, 6.45) is -3.34. The number of halogens is 4. The largest absolute Gasteiger partial charge is 0.393 e. The van der Waals surface area contributed by atoms with E-state index in [1.807, 2.05) is 0 Å². The van der Waals surface area contributed by atoms with Crippen LogP contribution in [0.4, 0.5) is 13.2 Å². The summed E-state index contributed by atoms with van der Waals surface area (Å²) in [7, 11) is 1.71. The van der Waals surface area contributed by atoms with Crippen molar-refractivity contribution < 1.29 is 18.0 Å². The third-order valence-corrected chi connectivity index (χ3v) is 2.83. The minimum absolute atomic E-state index is 0. The Labute approximate surface area is 105 Å². The van der Waals surface area contributed by atoms with Gasteiger partial charge in [0.1, 0.15) is 0 Å². The zero-order valence-corrected chi connectivity index (χ0v) is 10.5. The lowest BCUT2D eigenvalue weighted by atomic mass is 9.97. The quantitative estimate of drug-likeness (QED) is 0.851. The molecule has 1 atom stereocenters. The Hall–Kier alpha value is -0.490. The van der Waals surface area contributed by atoms with Gasteiger partial charge in [0.05, 0.1) is 5.92 Å². The number of carbonyl (C=O) groups excluding carboxylic acids is 1. The van der Waals surface area contributed by atoms with E-state index in [0.717, 1.165) is 0 Å². The van der Waals surface area contributed by atoms with Gasteiger partial charge in [-0.2, -0.15) is 13.2 Å². The fraction of sp³-hybridized carbons (Fsp3) is 0.900. The van der Waals surface area contributed by atoms with Crippen LogP contribution >= 0.6 is 12.4 Å². The van der Waals surface area contributed by atoms with Crippen LogP contribution in [0.3, 0.4) is 0 Å². The van der Waals surface area contributed by atoms with Gasteiger partial charge in [-0.3, -0.25) is 4.79 Å². The van der Waals surface area contributed by atoms with Crippen LogP contribution in [0.15, 0.2) is 0 Å². The van der Waals surface area contributed by atoms with Crippen molar-refractivity contribution in [3.8, 4) is 0 Å². The van der Waals surface area contributed by atoms with Crippen LogP contribution in [0.2, 0.25) is 0 Å². The molecule has 102 valence electrons. The third kappa shape index (κ3) is 5.12. The minimum Gasteiger partial charge on any atom is -0.342 e. The standard InChI is InChI=1S/C10H17F3N2O.ClH/c1-14-5-4-9(16)15-6-2-3-8(7-15)10(11,12)13;/h8,14H,2-7H2,1H3;1H. The lowest BCUT2D eigenvalue weighted by Gasteiger charge is -2.33. The summed E-state index contributed by atoms with van der Waals surface area (Å²) in [6, 6.07) is 0. The highest BCUT2D eigenvalue weighted by Crippen LogP contribution is 2.33. The molecule has 1 heterocycles. The van der Waals surface area contributed by atoms with Gasteiger partial charge in [0.15, 0.2) is 0 Å². The number of alkyl halides is 3. The number of carbonyl (C=O) groups is 1. The van der Waals surface area contributed by atoms with Gasteiger partial charge < -0.3 is 10.2 Å². The van der Waals surface area contributed by atoms with Crippen LogP contribution < -0.4 is 5.32 Å². The van der Waals surface area contributed by atoms with Gasteiger partial charge in [0, 0.05) is 26.1 Å². The molecule has 1 aliphatic heterocycles. The van der Waals surface area contributed by atoms with E-state index in [-0.39, 0.29) is 37.7 Å². The van der Waals surface area contributed by atoms with Gasteiger partial charge >= 0.3 is 6.18 Å². The van der Waals surface area contributed by atoms with E-state index in [2.05, 4.69) is 5.32 Å². The van der Waals surface area contributed by atoms with Crippen molar-refractivity contribution in [2.45, 2.75) is 25.4 Å². The zero-order valence-electron chi connectivity index (χ0n) is 9.72. The molecule has 3 nitrogen and oxygen atoms in total. The summed E-state index contributed by atoms with van der Waals surface area (Å²) >= 11 is 0. The SMILES string of the molecule is CNCCC(=O)N1CCCC(C(F)(F)F)C1.Cl. The van der Waals surface area contributed by atoms with Crippen LogP contribution in [0.25, 0.3) is 0 Å². The Bertz CT molecular complexity index is 248. The number of piperidine rings is 1. The highest BCUT2D eigenvalue weighted by molar-refractivity contribution is 5.85. The van der Waals surface area contributed by atoms with Crippen molar-refractivity contribution in [1.82, 2.24) is 10.2 Å². The topological polar surface area (TPSA) is 32.3 Å². The predicted octanol–water partition coefficient (Wildman–Crippen LogP) is 1.82. The number of rotatable bonds is 3. The average Bonchev–Trinajstić information content (AvgIpc) is 2.25. The van der Waals surface area contributed by atoms with Gasteiger partial charge in [-0.25, -0.2) is 0 Å². The number of amides is 1. The van der Waals surface area contributed by atoms with Crippen molar-refractivity contribution in [1.29, 1.82) is 0 Å². The highest BCUT2D eigenvalue weighted by atomic mass is 35.5. The Morgan fingerprint density at radius 3 is 2.65 bits per heavy atom. The molecule has 1 amide bonds. The van der Waals surface area contributed by atoms with Gasteiger partial charge in [-0.1, -0.05) is 0 Å². The molecule has 0 aromatic carbocycles. The fourth-order valence-electron chi connectivity index (χ4n) is 1.86. The Morgan fingerprint density at radius 1 is 1.47 bits per heavy atom. The van der Waals surface area contributed by atoms with Gasteiger partial charge in [0.25, 0.3) is 0 Å². The van der Waals surface area contributed by atoms with E-state index in [4.69, 9.17) is 0 Å². The maximum atomic E-state index is 12.5. The summed E-state index contributed by atoms with van der Waals surface area (Å²) in [5, 5.41) is 2.81. The van der Waals surface area contributed by atoms with Crippen molar-refractivity contribution in [3.63, 3.8) is 0 Å². The number of hydrogen-bond acceptors (Lipinski definition) is 2. The van der Waals surface area contributed by atoms with Crippen molar-refractivity contribution in [2.75, 3.05) is 26.7 Å². The molecular formula is C10H18ClF3N2O. The monoisotopic (exact) mass is 274 g/mol. The summed E-state index contributed by atoms with van der Waals surface area (Å²) in [5.41, 5.74) is 0. The summed E-state index contributed by atoms with van der Waals surface area (Å²) in [4.78, 5) is 12.9. The van der Waals surface area contributed by atoms with Crippen LogP contribution in [0.1, 0.15) is 19.3 Å². The maximum Gasteiger partial charge on any atom is 0.393 e. The van der Waals surface area contributed by atoms with E-state index in [1.54, 1.807) is 7.05 Å². The van der Waals surface area contributed by atoms with Gasteiger partial charge in [0.2, 0.25) is 5.91 Å². The van der Waals surface area contributed by atoms with Crippen molar-refractivity contribution in [3.05, 3.63) is 0 Å². The average molecular weight is 275 g/mol. The molecule has 0 radical (unpaired) electrons. The Balaban J connectivity index is 0.00000256. The van der Waals surface area contributed by atoms with E-state index in [9.17, 15) is 18.0 Å². The van der Waals surface area contributed by atoms with Crippen LogP contribution in [0.5, 0.6) is 0 Å². The molecule has 0 spiro atoms. The van der Waals surface area contributed by atoms with Crippen LogP contribution in [-0.4, -0.2) is 43.7 Å². The van der Waals surface area contributed by atoms with Crippen molar-refractivity contribution in [2.24, 2.45) is 5.92 Å². The molecule has 1 rings (SSSR count). The number of nitrogens with one attached hydrogen (secondary N) is 1. The summed E-state index contributed by atoms with van der Waals surface area (Å²) in [5.74, 6) is -1.54. The predicted molar refractivity (Wildman–Crippen MR) is 61.2 cm³/mol. The van der Waals surface area contributed by atoms with Crippen molar-refractivity contribution >= 4 is 18.3 Å². The first-order valence-electron chi connectivity index (χ1n) is 5.44. The zero-order chi connectivity index (χ0) is 12.2. The molecule has 1 saturated heterocycles. The van der Waals surface area contributed by atoms with E-state index < -0.39 is 12.1 Å². The van der Waals surface area contributed by atoms with E-state index in [0.29, 0.717) is 19.5 Å². The first-order valence-corrected chi connectivity index (χ1v) is 5.44. The molecule has 1 fully saturated rings. The van der Waals surface area contributed by atoms with Crippen LogP contribution in [-0.2, 0) is 4.79 Å². The summed E-state index contributed by atoms with van der Waals surface area (Å²) in [6.45, 7) is 0.785. The number of hydrogen-bond donors (Lipinski definition) is 1.